The third-order valence-corrected chi connectivity index (χ3v) is 4.40. The maximum Gasteiger partial charge on any atom is 0.269 e. The molecule has 27 heavy (non-hydrogen) atoms. The predicted octanol–water partition coefficient (Wildman–Crippen LogP) is 3.17. The third-order valence-electron chi connectivity index (χ3n) is 4.40. The summed E-state index contributed by atoms with van der Waals surface area (Å²) in [6.45, 7) is 2.10. The lowest BCUT2D eigenvalue weighted by Gasteiger charge is -2.25. The Bertz CT molecular complexity index is 983. The van der Waals surface area contributed by atoms with Crippen LogP contribution in [0.25, 0.3) is 11.1 Å². The number of carbonyl (C=O) groups excluding carboxylic acids is 1. The molecule has 0 saturated carbocycles. The number of H-pyrrole nitrogens is 1. The number of nitrogens with zero attached hydrogens (tertiary/aromatic N) is 1. The molecule has 1 amide bonds. The molecule has 2 aromatic carbocycles. The number of hydrogen-bond donors (Lipinski definition) is 2. The monoisotopic (exact) mass is 365 g/mol. The van der Waals surface area contributed by atoms with Crippen LogP contribution >= 0.6 is 0 Å². The lowest BCUT2D eigenvalue weighted by molar-refractivity contribution is -0.125. The van der Waals surface area contributed by atoms with E-state index in [1.807, 2.05) is 37.3 Å². The van der Waals surface area contributed by atoms with Crippen LogP contribution < -0.4 is 19.5 Å². The number of nitrogens with one attached hydrogen (secondary N) is 2. The number of fused-ring (bicyclic) bond motifs is 1. The van der Waals surface area contributed by atoms with Crippen molar-refractivity contribution in [3.05, 3.63) is 54.4 Å². The summed E-state index contributed by atoms with van der Waals surface area (Å²) < 4.78 is 16.8. The smallest absolute Gasteiger partial charge is 0.269 e. The topological polar surface area (TPSA) is 85.5 Å². The molecule has 1 aliphatic heterocycles. The van der Waals surface area contributed by atoms with Gasteiger partial charge in [-0.3, -0.25) is 9.89 Å². The average Bonchev–Trinajstić information content (AvgIpc) is 3.13. The van der Waals surface area contributed by atoms with E-state index >= 15 is 0 Å². The molecule has 0 bridgehead atoms. The number of aromatic nitrogens is 2. The number of benzene rings is 2. The van der Waals surface area contributed by atoms with E-state index in [1.54, 1.807) is 25.4 Å². The minimum absolute atomic E-state index is 0.150. The van der Waals surface area contributed by atoms with Crippen LogP contribution in [-0.4, -0.2) is 35.9 Å². The number of anilines is 1. The van der Waals surface area contributed by atoms with Crippen molar-refractivity contribution in [2.75, 3.05) is 19.0 Å². The molecule has 2 N–H and O–H groups in total. The zero-order valence-corrected chi connectivity index (χ0v) is 15.0. The minimum Gasteiger partial charge on any atom is -0.495 e. The number of amides is 1. The van der Waals surface area contributed by atoms with E-state index in [0.717, 1.165) is 16.8 Å². The van der Waals surface area contributed by atoms with Crippen LogP contribution in [0.2, 0.25) is 0 Å². The molecule has 0 radical (unpaired) electrons. The molecule has 7 nitrogen and oxygen atoms in total. The van der Waals surface area contributed by atoms with Crippen molar-refractivity contribution in [3.63, 3.8) is 0 Å². The Kier molecular flexibility index (Phi) is 4.42. The molecule has 0 fully saturated rings. The van der Waals surface area contributed by atoms with Gasteiger partial charge in [0.15, 0.2) is 11.5 Å². The second-order valence-electron chi connectivity index (χ2n) is 6.18. The second-order valence-corrected chi connectivity index (χ2v) is 6.18. The lowest BCUT2D eigenvalue weighted by Crippen LogP contribution is -2.40. The number of methoxy groups -OCH3 is 1. The highest BCUT2D eigenvalue weighted by Crippen LogP contribution is 2.33. The second kappa shape index (κ2) is 7.03. The fourth-order valence-electron chi connectivity index (χ4n) is 2.97. The first-order chi connectivity index (χ1) is 13.2. The van der Waals surface area contributed by atoms with Gasteiger partial charge in [0.25, 0.3) is 5.91 Å². The minimum atomic E-state index is -0.736. The van der Waals surface area contributed by atoms with Crippen molar-refractivity contribution in [2.45, 2.75) is 13.0 Å². The van der Waals surface area contributed by atoms with Gasteiger partial charge in [0.05, 0.1) is 19.0 Å². The van der Waals surface area contributed by atoms with Crippen LogP contribution in [0, 0.1) is 6.92 Å². The highest BCUT2D eigenvalue weighted by Gasteiger charge is 2.28. The molecule has 2 heterocycles. The number of carbonyl (C=O) groups is 1. The van der Waals surface area contributed by atoms with E-state index in [2.05, 4.69) is 15.5 Å². The van der Waals surface area contributed by atoms with Gasteiger partial charge in [-0.2, -0.15) is 5.10 Å². The molecular formula is C20H19N3O4. The Morgan fingerprint density at radius 1 is 1.26 bits per heavy atom. The number of hydrogen-bond acceptors (Lipinski definition) is 5. The lowest BCUT2D eigenvalue weighted by atomic mass is 10.1. The molecule has 138 valence electrons. The van der Waals surface area contributed by atoms with Crippen LogP contribution in [0.5, 0.6) is 17.2 Å². The van der Waals surface area contributed by atoms with Crippen LogP contribution in [-0.2, 0) is 4.79 Å². The standard InChI is InChI=1S/C20H19N3O4/c1-12-14(10-21-23-12)13-7-8-15(18(9-13)25-2)22-20(24)19-11-26-16-5-3-4-6-17(16)27-19/h3-10,19H,11H2,1-2H3,(H,21,23)(H,22,24). The highest BCUT2D eigenvalue weighted by molar-refractivity contribution is 5.96. The van der Waals surface area contributed by atoms with E-state index < -0.39 is 6.10 Å². The van der Waals surface area contributed by atoms with E-state index in [0.29, 0.717) is 22.9 Å². The first-order valence-electron chi connectivity index (χ1n) is 8.53. The Hall–Kier alpha value is -3.48. The van der Waals surface area contributed by atoms with Crippen molar-refractivity contribution in [1.82, 2.24) is 10.2 Å². The normalized spacial score (nSPS) is 15.3. The summed E-state index contributed by atoms with van der Waals surface area (Å²) in [6.07, 6.45) is 1.02. The maximum atomic E-state index is 12.6. The number of rotatable bonds is 4. The summed E-state index contributed by atoms with van der Waals surface area (Å²) >= 11 is 0. The maximum absolute atomic E-state index is 12.6. The molecule has 0 spiro atoms. The number of aromatic amines is 1. The summed E-state index contributed by atoms with van der Waals surface area (Å²) in [5.74, 6) is 1.45. The van der Waals surface area contributed by atoms with Gasteiger partial charge in [-0.05, 0) is 36.8 Å². The molecule has 1 aromatic heterocycles. The fourth-order valence-corrected chi connectivity index (χ4v) is 2.97. The quantitative estimate of drug-likeness (QED) is 0.742. The van der Waals surface area contributed by atoms with Gasteiger partial charge >= 0.3 is 0 Å². The van der Waals surface area contributed by atoms with E-state index in [1.165, 1.54) is 0 Å². The average molecular weight is 365 g/mol. The van der Waals surface area contributed by atoms with Gasteiger partial charge in [-0.15, -0.1) is 0 Å². The van der Waals surface area contributed by atoms with Gasteiger partial charge in [0, 0.05) is 11.3 Å². The summed E-state index contributed by atoms with van der Waals surface area (Å²) in [6, 6.07) is 12.8. The zero-order chi connectivity index (χ0) is 18.8. The molecule has 0 aliphatic carbocycles. The number of para-hydroxylation sites is 2. The van der Waals surface area contributed by atoms with E-state index in [9.17, 15) is 4.79 Å². The Morgan fingerprint density at radius 2 is 2.07 bits per heavy atom. The van der Waals surface area contributed by atoms with E-state index in [4.69, 9.17) is 14.2 Å². The summed E-state index contributed by atoms with van der Waals surface area (Å²) in [5.41, 5.74) is 3.45. The number of aryl methyl sites for hydroxylation is 1. The first-order valence-corrected chi connectivity index (χ1v) is 8.53. The van der Waals surface area contributed by atoms with Crippen LogP contribution in [0.15, 0.2) is 48.7 Å². The van der Waals surface area contributed by atoms with Crippen LogP contribution in [0.1, 0.15) is 5.69 Å². The Balaban J connectivity index is 1.52. The fraction of sp³-hybridized carbons (Fsp3) is 0.200. The van der Waals surface area contributed by atoms with Crippen molar-refractivity contribution in [1.29, 1.82) is 0 Å². The van der Waals surface area contributed by atoms with Crippen LogP contribution in [0.4, 0.5) is 5.69 Å². The van der Waals surface area contributed by atoms with E-state index in [-0.39, 0.29) is 12.5 Å². The molecule has 7 heteroatoms. The highest BCUT2D eigenvalue weighted by atomic mass is 16.6. The van der Waals surface area contributed by atoms with Crippen molar-refractivity contribution >= 4 is 11.6 Å². The summed E-state index contributed by atoms with van der Waals surface area (Å²) in [5, 5.41) is 9.81. The van der Waals surface area contributed by atoms with Gasteiger partial charge in [-0.25, -0.2) is 0 Å². The molecule has 3 aromatic rings. The van der Waals surface area contributed by atoms with Crippen molar-refractivity contribution in [2.24, 2.45) is 0 Å². The SMILES string of the molecule is COc1cc(-c2cn[nH]c2C)ccc1NC(=O)C1COc2ccccc2O1. The summed E-state index contributed by atoms with van der Waals surface area (Å²) in [7, 11) is 1.56. The largest absolute Gasteiger partial charge is 0.495 e. The molecule has 0 saturated heterocycles. The first kappa shape index (κ1) is 17.0. The van der Waals surface area contributed by atoms with Gasteiger partial charge in [0.1, 0.15) is 12.4 Å². The van der Waals surface area contributed by atoms with Crippen molar-refractivity contribution < 1.29 is 19.0 Å². The zero-order valence-electron chi connectivity index (χ0n) is 15.0. The molecular weight excluding hydrogens is 346 g/mol. The molecule has 1 atom stereocenters. The Morgan fingerprint density at radius 3 is 2.81 bits per heavy atom. The molecule has 1 aliphatic rings. The summed E-state index contributed by atoms with van der Waals surface area (Å²) in [4.78, 5) is 12.6. The third kappa shape index (κ3) is 3.31. The van der Waals surface area contributed by atoms with Gasteiger partial charge < -0.3 is 19.5 Å². The van der Waals surface area contributed by atoms with Gasteiger partial charge in [0.2, 0.25) is 6.10 Å². The number of ether oxygens (including phenoxy) is 3. The van der Waals surface area contributed by atoms with Crippen LogP contribution in [0.3, 0.4) is 0 Å². The Labute approximate surface area is 156 Å². The molecule has 1 unspecified atom stereocenters. The molecule has 4 rings (SSSR count). The van der Waals surface area contributed by atoms with Gasteiger partial charge in [-0.1, -0.05) is 18.2 Å². The predicted molar refractivity (Wildman–Crippen MR) is 100 cm³/mol. The van der Waals surface area contributed by atoms with Crippen molar-refractivity contribution in [3.8, 4) is 28.4 Å².